The van der Waals surface area contributed by atoms with Crippen molar-refractivity contribution in [2.75, 3.05) is 0 Å². The predicted molar refractivity (Wildman–Crippen MR) is 59.8 cm³/mol. The number of aliphatic carboxylic acids is 1. The van der Waals surface area contributed by atoms with Crippen LogP contribution in [-0.2, 0) is 9.59 Å². The molecule has 0 bridgehead atoms. The molecule has 0 rings (SSSR count). The molecule has 0 atom stereocenters. The van der Waals surface area contributed by atoms with Crippen LogP contribution < -0.4 is 0 Å². The molecule has 0 aliphatic rings. The number of allylic oxidation sites excluding steroid dienone is 2. The van der Waals surface area contributed by atoms with E-state index in [0.29, 0.717) is 12.8 Å². The van der Waals surface area contributed by atoms with Crippen molar-refractivity contribution in [2.45, 2.75) is 51.4 Å². The van der Waals surface area contributed by atoms with Crippen molar-refractivity contribution in [1.82, 2.24) is 0 Å². The van der Waals surface area contributed by atoms with Crippen LogP contribution in [-0.4, -0.2) is 17.4 Å². The molecule has 0 heterocycles. The molecule has 1 N–H and O–H groups in total. The summed E-state index contributed by atoms with van der Waals surface area (Å²) < 4.78 is 0. The maximum Gasteiger partial charge on any atom is 0.303 e. The lowest BCUT2D eigenvalue weighted by Gasteiger charge is -1.97. The van der Waals surface area contributed by atoms with Crippen molar-refractivity contribution >= 4 is 12.3 Å². The number of hydrogen-bond donors (Lipinski definition) is 1. The van der Waals surface area contributed by atoms with Gasteiger partial charge in [0.2, 0.25) is 0 Å². The summed E-state index contributed by atoms with van der Waals surface area (Å²) >= 11 is 0. The van der Waals surface area contributed by atoms with Crippen molar-refractivity contribution in [1.29, 1.82) is 0 Å². The number of rotatable bonds is 10. The first-order chi connectivity index (χ1) is 7.27. The molecule has 0 aromatic rings. The van der Waals surface area contributed by atoms with E-state index in [0.717, 1.165) is 44.8 Å². The lowest BCUT2D eigenvalue weighted by Crippen LogP contribution is -1.93. The molecule has 0 aliphatic heterocycles. The molecule has 15 heavy (non-hydrogen) atoms. The topological polar surface area (TPSA) is 54.4 Å². The lowest BCUT2D eigenvalue weighted by molar-refractivity contribution is -0.137. The van der Waals surface area contributed by atoms with E-state index in [-0.39, 0.29) is 0 Å². The van der Waals surface area contributed by atoms with Crippen LogP contribution in [0.5, 0.6) is 0 Å². The molecular weight excluding hydrogens is 192 g/mol. The summed E-state index contributed by atoms with van der Waals surface area (Å²) in [5.41, 5.74) is 0. The van der Waals surface area contributed by atoms with Gasteiger partial charge in [-0.3, -0.25) is 4.79 Å². The average molecular weight is 212 g/mol. The van der Waals surface area contributed by atoms with Gasteiger partial charge >= 0.3 is 5.97 Å². The van der Waals surface area contributed by atoms with Gasteiger partial charge in [0.05, 0.1) is 0 Å². The van der Waals surface area contributed by atoms with E-state index in [9.17, 15) is 9.59 Å². The lowest BCUT2D eigenvalue weighted by atomic mass is 10.1. The van der Waals surface area contributed by atoms with E-state index in [1.165, 1.54) is 0 Å². The van der Waals surface area contributed by atoms with Gasteiger partial charge in [-0.1, -0.05) is 31.4 Å². The van der Waals surface area contributed by atoms with Crippen LogP contribution in [0.1, 0.15) is 51.4 Å². The number of carboxylic acid groups (broad SMARTS) is 1. The van der Waals surface area contributed by atoms with Crippen LogP contribution in [0.2, 0.25) is 0 Å². The van der Waals surface area contributed by atoms with E-state index in [1.807, 2.05) is 12.2 Å². The standard InChI is InChI=1S/C12H20O3/c13-11-9-7-5-3-1-2-4-6-8-10-12(14)15/h5,7,11H,1-4,6,8-10H2,(H,14,15). The Bertz CT molecular complexity index is 197. The second-order valence-electron chi connectivity index (χ2n) is 3.57. The molecule has 3 nitrogen and oxygen atoms in total. The summed E-state index contributed by atoms with van der Waals surface area (Å²) in [5.74, 6) is -0.702. The summed E-state index contributed by atoms with van der Waals surface area (Å²) in [6, 6.07) is 0. The van der Waals surface area contributed by atoms with Crippen LogP contribution in [0.3, 0.4) is 0 Å². The van der Waals surface area contributed by atoms with Gasteiger partial charge in [0, 0.05) is 12.8 Å². The van der Waals surface area contributed by atoms with Crippen molar-refractivity contribution in [3.8, 4) is 0 Å². The largest absolute Gasteiger partial charge is 0.481 e. The van der Waals surface area contributed by atoms with Gasteiger partial charge in [-0.25, -0.2) is 0 Å². The van der Waals surface area contributed by atoms with Gasteiger partial charge in [0.25, 0.3) is 0 Å². The highest BCUT2D eigenvalue weighted by atomic mass is 16.4. The van der Waals surface area contributed by atoms with Gasteiger partial charge in [-0.15, -0.1) is 0 Å². The normalized spacial score (nSPS) is 10.7. The second kappa shape index (κ2) is 11.0. The minimum atomic E-state index is -0.702. The summed E-state index contributed by atoms with van der Waals surface area (Å²) in [5, 5.41) is 8.40. The van der Waals surface area contributed by atoms with Crippen molar-refractivity contribution < 1.29 is 14.7 Å². The van der Waals surface area contributed by atoms with Crippen molar-refractivity contribution in [2.24, 2.45) is 0 Å². The molecule has 0 saturated carbocycles. The third-order valence-corrected chi connectivity index (χ3v) is 2.16. The molecule has 86 valence electrons. The van der Waals surface area contributed by atoms with E-state index in [2.05, 4.69) is 0 Å². The molecular formula is C12H20O3. The van der Waals surface area contributed by atoms with Gasteiger partial charge in [-0.2, -0.15) is 0 Å². The Balaban J connectivity index is 3.04. The number of carbonyl (C=O) groups is 2. The molecule has 0 unspecified atom stereocenters. The third kappa shape index (κ3) is 12.9. The van der Waals surface area contributed by atoms with Crippen LogP contribution in [0.15, 0.2) is 12.2 Å². The number of unbranched alkanes of at least 4 members (excludes halogenated alkanes) is 5. The minimum Gasteiger partial charge on any atom is -0.481 e. The zero-order valence-electron chi connectivity index (χ0n) is 9.15. The molecule has 0 aromatic heterocycles. The molecule has 0 radical (unpaired) electrons. The number of carbonyl (C=O) groups excluding carboxylic acids is 1. The summed E-state index contributed by atoms with van der Waals surface area (Å²) in [4.78, 5) is 20.2. The Hall–Kier alpha value is -1.12. The molecule has 0 saturated heterocycles. The van der Waals surface area contributed by atoms with Crippen molar-refractivity contribution in [3.63, 3.8) is 0 Å². The summed E-state index contributed by atoms with van der Waals surface area (Å²) in [6.07, 6.45) is 11.8. The number of hydrogen-bond acceptors (Lipinski definition) is 2. The Morgan fingerprint density at radius 3 is 2.33 bits per heavy atom. The Labute approximate surface area is 91.2 Å². The van der Waals surface area contributed by atoms with Crippen LogP contribution >= 0.6 is 0 Å². The zero-order valence-corrected chi connectivity index (χ0v) is 9.15. The summed E-state index contributed by atoms with van der Waals surface area (Å²) in [6.45, 7) is 0. The maximum atomic E-state index is 10.2. The van der Waals surface area contributed by atoms with Crippen LogP contribution in [0.4, 0.5) is 0 Å². The fourth-order valence-corrected chi connectivity index (χ4v) is 1.34. The number of aldehydes is 1. The molecule has 0 spiro atoms. The first-order valence-corrected chi connectivity index (χ1v) is 5.58. The van der Waals surface area contributed by atoms with E-state index < -0.39 is 5.97 Å². The fourth-order valence-electron chi connectivity index (χ4n) is 1.34. The van der Waals surface area contributed by atoms with E-state index in [4.69, 9.17) is 5.11 Å². The van der Waals surface area contributed by atoms with Gasteiger partial charge in [0.1, 0.15) is 6.29 Å². The number of carboxylic acids is 1. The first-order valence-electron chi connectivity index (χ1n) is 5.58. The molecule has 0 aliphatic carbocycles. The molecule has 0 fully saturated rings. The van der Waals surface area contributed by atoms with Gasteiger partial charge < -0.3 is 9.90 Å². The zero-order chi connectivity index (χ0) is 11.4. The van der Waals surface area contributed by atoms with E-state index >= 15 is 0 Å². The fraction of sp³-hybridized carbons (Fsp3) is 0.667. The van der Waals surface area contributed by atoms with E-state index in [1.54, 1.807) is 0 Å². The second-order valence-corrected chi connectivity index (χ2v) is 3.57. The van der Waals surface area contributed by atoms with Gasteiger partial charge in [0.15, 0.2) is 0 Å². The third-order valence-electron chi connectivity index (χ3n) is 2.16. The minimum absolute atomic E-state index is 0.291. The first kappa shape index (κ1) is 13.9. The SMILES string of the molecule is O=CCC=CCCCCCCCC(=O)O. The monoisotopic (exact) mass is 212 g/mol. The average Bonchev–Trinajstić information content (AvgIpc) is 2.20. The highest BCUT2D eigenvalue weighted by molar-refractivity contribution is 5.66. The highest BCUT2D eigenvalue weighted by Gasteiger charge is 1.95. The highest BCUT2D eigenvalue weighted by Crippen LogP contribution is 2.07. The Morgan fingerprint density at radius 1 is 1.00 bits per heavy atom. The Morgan fingerprint density at radius 2 is 1.67 bits per heavy atom. The smallest absolute Gasteiger partial charge is 0.303 e. The predicted octanol–water partition coefficient (Wildman–Crippen LogP) is 2.95. The molecule has 0 amide bonds. The quantitative estimate of drug-likeness (QED) is 0.344. The van der Waals surface area contributed by atoms with Crippen molar-refractivity contribution in [3.05, 3.63) is 12.2 Å². The Kier molecular flexibility index (Phi) is 10.1. The van der Waals surface area contributed by atoms with Crippen LogP contribution in [0.25, 0.3) is 0 Å². The van der Waals surface area contributed by atoms with Crippen LogP contribution in [0, 0.1) is 0 Å². The summed E-state index contributed by atoms with van der Waals surface area (Å²) in [7, 11) is 0. The molecule has 3 heteroatoms. The maximum absolute atomic E-state index is 10.2. The van der Waals surface area contributed by atoms with Gasteiger partial charge in [-0.05, 0) is 19.3 Å². The molecule has 0 aromatic carbocycles.